The van der Waals surface area contributed by atoms with Crippen LogP contribution in [-0.2, 0) is 0 Å². The lowest BCUT2D eigenvalue weighted by Crippen LogP contribution is -2.25. The van der Waals surface area contributed by atoms with Crippen LogP contribution in [0.5, 0.6) is 0 Å². The molecule has 0 fully saturated rings. The summed E-state index contributed by atoms with van der Waals surface area (Å²) in [5.41, 5.74) is 2.84. The van der Waals surface area contributed by atoms with Gasteiger partial charge in [0.1, 0.15) is 5.52 Å². The van der Waals surface area contributed by atoms with Gasteiger partial charge >= 0.3 is 0 Å². The number of aliphatic hydroxyl groups is 1. The van der Waals surface area contributed by atoms with E-state index in [1.165, 1.54) is 10.9 Å². The molecule has 0 aliphatic carbocycles. The Morgan fingerprint density at radius 3 is 2.70 bits per heavy atom. The first-order valence-electron chi connectivity index (χ1n) is 8.53. The van der Waals surface area contributed by atoms with Gasteiger partial charge in [0.25, 0.3) is 5.56 Å². The summed E-state index contributed by atoms with van der Waals surface area (Å²) in [4.78, 5) is 30.7. The number of hydrogen-bond acceptors (Lipinski definition) is 6. The Morgan fingerprint density at radius 1 is 1.11 bits per heavy atom. The largest absolute Gasteiger partial charge is 0.394 e. The van der Waals surface area contributed by atoms with E-state index in [4.69, 9.17) is 4.98 Å². The molecule has 4 rings (SSSR count). The monoisotopic (exact) mass is 359 g/mol. The van der Waals surface area contributed by atoms with Crippen molar-refractivity contribution in [2.45, 2.75) is 13.0 Å². The highest BCUT2D eigenvalue weighted by atomic mass is 16.3. The van der Waals surface area contributed by atoms with E-state index >= 15 is 0 Å². The maximum atomic E-state index is 13.0. The fraction of sp³-hybridized carbons (Fsp3) is 0.150. The van der Waals surface area contributed by atoms with Gasteiger partial charge in [0, 0.05) is 24.2 Å². The second-order valence-corrected chi connectivity index (χ2v) is 6.20. The van der Waals surface area contributed by atoms with Gasteiger partial charge in [-0.2, -0.15) is 0 Å². The molecule has 0 spiro atoms. The van der Waals surface area contributed by atoms with Gasteiger partial charge in [0.2, 0.25) is 0 Å². The van der Waals surface area contributed by atoms with Crippen molar-refractivity contribution in [1.82, 2.24) is 24.5 Å². The van der Waals surface area contributed by atoms with Crippen LogP contribution in [0.2, 0.25) is 0 Å². The van der Waals surface area contributed by atoms with Crippen molar-refractivity contribution < 1.29 is 5.11 Å². The Balaban J connectivity index is 2.06. The molecule has 4 aromatic heterocycles. The number of rotatable bonds is 4. The Hall–Kier alpha value is -3.45. The molecule has 0 bridgehead atoms. The van der Waals surface area contributed by atoms with Gasteiger partial charge in [-0.3, -0.25) is 19.3 Å². The Morgan fingerprint density at radius 2 is 2.00 bits per heavy atom. The lowest BCUT2D eigenvalue weighted by atomic mass is 10.1. The van der Waals surface area contributed by atoms with Crippen molar-refractivity contribution in [3.63, 3.8) is 0 Å². The minimum absolute atomic E-state index is 0.152. The van der Waals surface area contributed by atoms with E-state index in [-0.39, 0.29) is 18.2 Å². The molecule has 0 aliphatic heterocycles. The molecule has 0 aromatic carbocycles. The van der Waals surface area contributed by atoms with Crippen LogP contribution in [-0.4, -0.2) is 36.2 Å². The highest BCUT2D eigenvalue weighted by Gasteiger charge is 2.16. The van der Waals surface area contributed by atoms with E-state index in [9.17, 15) is 9.90 Å². The average molecular weight is 359 g/mol. The first kappa shape index (κ1) is 17.0. The molecule has 0 saturated carbocycles. The van der Waals surface area contributed by atoms with Crippen molar-refractivity contribution in [1.29, 1.82) is 0 Å². The maximum Gasteiger partial charge on any atom is 0.261 e. The van der Waals surface area contributed by atoms with Gasteiger partial charge < -0.3 is 5.11 Å². The number of nitrogens with zero attached hydrogens (tertiary/aromatic N) is 5. The van der Waals surface area contributed by atoms with Crippen molar-refractivity contribution in [2.24, 2.45) is 0 Å². The first-order valence-corrected chi connectivity index (χ1v) is 8.53. The fourth-order valence-electron chi connectivity index (χ4n) is 2.90. The van der Waals surface area contributed by atoms with Crippen LogP contribution in [0.3, 0.4) is 0 Å². The molecule has 7 heteroatoms. The molecule has 4 heterocycles. The van der Waals surface area contributed by atoms with Gasteiger partial charge in [-0.15, -0.1) is 0 Å². The van der Waals surface area contributed by atoms with Crippen molar-refractivity contribution in [3.05, 3.63) is 71.7 Å². The maximum absolute atomic E-state index is 13.0. The Kier molecular flexibility index (Phi) is 4.43. The van der Waals surface area contributed by atoms with Crippen LogP contribution in [0.1, 0.15) is 13.0 Å². The van der Waals surface area contributed by atoms with Gasteiger partial charge in [-0.05, 0) is 37.3 Å². The lowest BCUT2D eigenvalue weighted by molar-refractivity contribution is 0.236. The topological polar surface area (TPSA) is 93.8 Å². The molecule has 7 nitrogen and oxygen atoms in total. The third-order valence-electron chi connectivity index (χ3n) is 4.37. The molecule has 134 valence electrons. The standard InChI is InChI=1S/C20H17N5O2/c1-13(11-26)25-12-23-19-15(20(25)27)9-17(16-6-2-3-8-22-16)24-18(19)14-5-4-7-21-10-14/h2-10,12-13,26H,11H2,1H3/t13-/m0/s1. The molecule has 0 amide bonds. The molecule has 1 N–H and O–H groups in total. The predicted molar refractivity (Wildman–Crippen MR) is 102 cm³/mol. The summed E-state index contributed by atoms with van der Waals surface area (Å²) < 4.78 is 1.43. The number of aromatic nitrogens is 5. The van der Waals surface area contributed by atoms with Crippen molar-refractivity contribution >= 4 is 10.9 Å². The fourth-order valence-corrected chi connectivity index (χ4v) is 2.90. The predicted octanol–water partition coefficient (Wildman–Crippen LogP) is 2.47. The summed E-state index contributed by atoms with van der Waals surface area (Å²) in [6, 6.07) is 10.5. The van der Waals surface area contributed by atoms with E-state index in [2.05, 4.69) is 15.0 Å². The summed E-state index contributed by atoms with van der Waals surface area (Å²) in [6.45, 7) is 1.61. The molecule has 0 radical (unpaired) electrons. The zero-order valence-electron chi connectivity index (χ0n) is 14.6. The third kappa shape index (κ3) is 3.09. The SMILES string of the molecule is C[C@@H](CO)n1cnc2c(-c3cccnc3)nc(-c3ccccn3)cc2c1=O. The van der Waals surface area contributed by atoms with Crippen LogP contribution in [0.25, 0.3) is 33.5 Å². The van der Waals surface area contributed by atoms with E-state index in [1.54, 1.807) is 31.6 Å². The van der Waals surface area contributed by atoms with Crippen molar-refractivity contribution in [2.75, 3.05) is 6.61 Å². The molecule has 27 heavy (non-hydrogen) atoms. The molecule has 0 saturated heterocycles. The van der Waals surface area contributed by atoms with E-state index in [0.29, 0.717) is 28.0 Å². The van der Waals surface area contributed by atoms with Gasteiger partial charge in [0.15, 0.2) is 0 Å². The van der Waals surface area contributed by atoms with Crippen LogP contribution >= 0.6 is 0 Å². The Labute approximate surface area is 155 Å². The Bertz CT molecular complexity index is 1140. The van der Waals surface area contributed by atoms with E-state index in [1.807, 2.05) is 30.3 Å². The molecule has 0 unspecified atom stereocenters. The van der Waals surface area contributed by atoms with Crippen LogP contribution in [0.15, 0.2) is 66.1 Å². The van der Waals surface area contributed by atoms with Crippen LogP contribution in [0.4, 0.5) is 0 Å². The smallest absolute Gasteiger partial charge is 0.261 e. The first-order chi connectivity index (χ1) is 13.2. The molecular weight excluding hydrogens is 342 g/mol. The summed E-state index contributed by atoms with van der Waals surface area (Å²) >= 11 is 0. The quantitative estimate of drug-likeness (QED) is 0.602. The van der Waals surface area contributed by atoms with Gasteiger partial charge in [-0.25, -0.2) is 9.97 Å². The van der Waals surface area contributed by atoms with E-state index < -0.39 is 0 Å². The molecule has 4 aromatic rings. The van der Waals surface area contributed by atoms with Crippen LogP contribution < -0.4 is 5.56 Å². The highest BCUT2D eigenvalue weighted by Crippen LogP contribution is 2.27. The van der Waals surface area contributed by atoms with Crippen LogP contribution in [0, 0.1) is 0 Å². The molecule has 0 aliphatic rings. The minimum atomic E-state index is -0.372. The molecular formula is C20H17N5O2. The van der Waals surface area contributed by atoms with Crippen molar-refractivity contribution in [3.8, 4) is 22.6 Å². The lowest BCUT2D eigenvalue weighted by Gasteiger charge is -2.14. The number of aliphatic hydroxyl groups excluding tert-OH is 1. The third-order valence-corrected chi connectivity index (χ3v) is 4.37. The summed E-state index contributed by atoms with van der Waals surface area (Å²) in [5.74, 6) is 0. The summed E-state index contributed by atoms with van der Waals surface area (Å²) in [7, 11) is 0. The normalized spacial score (nSPS) is 12.2. The number of pyridine rings is 3. The zero-order valence-corrected chi connectivity index (χ0v) is 14.6. The highest BCUT2D eigenvalue weighted by molar-refractivity contribution is 5.93. The average Bonchev–Trinajstić information content (AvgIpc) is 2.74. The zero-order chi connectivity index (χ0) is 18.8. The second-order valence-electron chi connectivity index (χ2n) is 6.20. The van der Waals surface area contributed by atoms with Gasteiger partial charge in [-0.1, -0.05) is 6.07 Å². The number of fused-ring (bicyclic) bond motifs is 1. The van der Waals surface area contributed by atoms with E-state index in [0.717, 1.165) is 5.56 Å². The van der Waals surface area contributed by atoms with Gasteiger partial charge in [0.05, 0.1) is 41.4 Å². The summed E-state index contributed by atoms with van der Waals surface area (Å²) in [5, 5.41) is 9.86. The number of hydrogen-bond donors (Lipinski definition) is 1. The molecule has 1 atom stereocenters. The summed E-state index contributed by atoms with van der Waals surface area (Å²) in [6.07, 6.45) is 6.50. The second kappa shape index (κ2) is 7.05. The minimum Gasteiger partial charge on any atom is -0.394 e.